The largest absolute Gasteiger partial charge is 0.409 e. The number of oxime groups is 1. The van der Waals surface area contributed by atoms with Crippen LogP contribution in [0.3, 0.4) is 0 Å². The van der Waals surface area contributed by atoms with Gasteiger partial charge in [-0.1, -0.05) is 5.16 Å². The molecule has 4 aromatic rings. The summed E-state index contributed by atoms with van der Waals surface area (Å²) in [5.74, 6) is -0.842. The quantitative estimate of drug-likeness (QED) is 0.0273. The van der Waals surface area contributed by atoms with Gasteiger partial charge in [0.1, 0.15) is 22.9 Å². The zero-order chi connectivity index (χ0) is 36.5. The number of nitrogens with zero attached hydrogens (tertiary/aromatic N) is 2. The third-order valence-corrected chi connectivity index (χ3v) is 8.49. The van der Waals surface area contributed by atoms with Gasteiger partial charge in [0, 0.05) is 84.3 Å². The van der Waals surface area contributed by atoms with Crippen LogP contribution in [0.25, 0.3) is 0 Å². The highest BCUT2D eigenvalue weighted by Crippen LogP contribution is 2.26. The third kappa shape index (κ3) is 8.59. The SMILES string of the molecule is Cc1cc(C(=O)Nc2c[nH]c(C(=O)Nc3c[nH]c(C(=O)Nc4c[nH]c(C(=O)NCCC(N)=NO)c4C)c3C)c2C)ccc1N(CCCl)CCCl. The highest BCUT2D eigenvalue weighted by atomic mass is 35.5. The van der Waals surface area contributed by atoms with E-state index >= 15 is 0 Å². The Labute approximate surface area is 298 Å². The minimum atomic E-state index is -0.487. The fraction of sp³-hybridized carbons (Fsp3) is 0.303. The number of nitrogens with one attached hydrogen (secondary N) is 7. The van der Waals surface area contributed by atoms with Gasteiger partial charge in [-0.2, -0.15) is 0 Å². The van der Waals surface area contributed by atoms with E-state index in [1.807, 2.05) is 13.0 Å². The number of anilines is 4. The molecule has 17 heteroatoms. The number of aromatic amines is 3. The molecule has 266 valence electrons. The molecule has 50 heavy (non-hydrogen) atoms. The van der Waals surface area contributed by atoms with E-state index in [4.69, 9.17) is 34.1 Å². The topological polar surface area (TPSA) is 226 Å². The maximum absolute atomic E-state index is 13.3. The lowest BCUT2D eigenvalue weighted by atomic mass is 10.1. The van der Waals surface area contributed by atoms with Crippen LogP contribution in [0.1, 0.15) is 70.5 Å². The first-order chi connectivity index (χ1) is 23.9. The van der Waals surface area contributed by atoms with Crippen LogP contribution in [0.15, 0.2) is 41.9 Å². The molecule has 10 N–H and O–H groups in total. The van der Waals surface area contributed by atoms with Crippen molar-refractivity contribution in [3.05, 3.63) is 81.7 Å². The van der Waals surface area contributed by atoms with Crippen LogP contribution < -0.4 is 31.9 Å². The Morgan fingerprint density at radius 3 is 1.66 bits per heavy atom. The Bertz CT molecular complexity index is 1910. The molecule has 1 aromatic carbocycles. The summed E-state index contributed by atoms with van der Waals surface area (Å²) in [6, 6.07) is 5.39. The molecule has 0 fully saturated rings. The summed E-state index contributed by atoms with van der Waals surface area (Å²) in [5.41, 5.74) is 11.1. The average Bonchev–Trinajstić information content (AvgIpc) is 3.76. The number of H-pyrrole nitrogens is 3. The van der Waals surface area contributed by atoms with Gasteiger partial charge in [0.05, 0.1) is 17.1 Å². The molecule has 3 aromatic heterocycles. The van der Waals surface area contributed by atoms with E-state index in [1.165, 1.54) is 12.4 Å². The number of carbonyl (C=O) groups excluding carboxylic acids is 4. The van der Waals surface area contributed by atoms with Gasteiger partial charge in [-0.05, 0) is 51.5 Å². The van der Waals surface area contributed by atoms with E-state index < -0.39 is 17.7 Å². The fourth-order valence-electron chi connectivity index (χ4n) is 5.30. The normalized spacial score (nSPS) is 11.3. The smallest absolute Gasteiger partial charge is 0.272 e. The van der Waals surface area contributed by atoms with Gasteiger partial charge >= 0.3 is 0 Å². The first-order valence-electron chi connectivity index (χ1n) is 15.6. The summed E-state index contributed by atoms with van der Waals surface area (Å²) in [5, 5.41) is 22.6. The van der Waals surface area contributed by atoms with Crippen molar-refractivity contribution in [2.24, 2.45) is 10.9 Å². The minimum Gasteiger partial charge on any atom is -0.409 e. The standard InChI is InChI=1S/C33H40Cl2N10O5/c1-17-13-21(5-6-25(17)45(11-8-34)12-9-35)30(46)41-22-14-39-28(19(22)3)32(48)43-24-16-40-29(20(24)4)33(49)42-23-15-38-27(18(23)2)31(47)37-10-7-26(36)44-50/h5-6,13-16,38-40,50H,7-12H2,1-4H3,(H2,36,44)(H,37,47)(H,41,46)(H,42,49)(H,43,48). The van der Waals surface area contributed by atoms with Crippen molar-refractivity contribution in [1.29, 1.82) is 0 Å². The van der Waals surface area contributed by atoms with Crippen LogP contribution in [0.4, 0.5) is 22.7 Å². The van der Waals surface area contributed by atoms with Crippen LogP contribution >= 0.6 is 23.2 Å². The van der Waals surface area contributed by atoms with Crippen molar-refractivity contribution in [3.8, 4) is 0 Å². The molecule has 0 atom stereocenters. The summed E-state index contributed by atoms with van der Waals surface area (Å²) in [6.45, 7) is 8.38. The number of aryl methyl sites for hydroxylation is 1. The van der Waals surface area contributed by atoms with E-state index in [0.29, 0.717) is 64.2 Å². The van der Waals surface area contributed by atoms with Gasteiger partial charge < -0.3 is 52.1 Å². The number of hydrogen-bond donors (Lipinski definition) is 9. The number of rotatable bonds is 15. The van der Waals surface area contributed by atoms with Gasteiger partial charge in [-0.3, -0.25) is 19.2 Å². The number of benzene rings is 1. The van der Waals surface area contributed by atoms with Gasteiger partial charge in [0.2, 0.25) is 0 Å². The van der Waals surface area contributed by atoms with Crippen LogP contribution in [-0.4, -0.2) is 81.0 Å². The molecule has 0 radical (unpaired) electrons. The minimum absolute atomic E-state index is 0.0159. The molecule has 0 saturated carbocycles. The van der Waals surface area contributed by atoms with Crippen LogP contribution in [-0.2, 0) is 0 Å². The number of amides is 4. The molecule has 0 aliphatic heterocycles. The number of carbonyl (C=O) groups is 4. The Kier molecular flexibility index (Phi) is 12.6. The Hall–Kier alpha value is -5.41. The molecule has 0 unspecified atom stereocenters. The van der Waals surface area contributed by atoms with E-state index in [-0.39, 0.29) is 41.8 Å². The lowest BCUT2D eigenvalue weighted by Gasteiger charge is -2.25. The second kappa shape index (κ2) is 16.8. The summed E-state index contributed by atoms with van der Waals surface area (Å²) < 4.78 is 0. The predicted octanol–water partition coefficient (Wildman–Crippen LogP) is 4.81. The molecule has 0 aliphatic carbocycles. The van der Waals surface area contributed by atoms with Gasteiger partial charge in [-0.15, -0.1) is 23.2 Å². The summed E-state index contributed by atoms with van der Waals surface area (Å²) in [7, 11) is 0. The second-order valence-electron chi connectivity index (χ2n) is 11.4. The van der Waals surface area contributed by atoms with Crippen LogP contribution in [0.5, 0.6) is 0 Å². The maximum Gasteiger partial charge on any atom is 0.272 e. The summed E-state index contributed by atoms with van der Waals surface area (Å²) in [4.78, 5) is 62.8. The molecule has 0 aliphatic rings. The van der Waals surface area contributed by atoms with E-state index in [2.05, 4.69) is 46.3 Å². The van der Waals surface area contributed by atoms with Crippen LogP contribution in [0, 0.1) is 27.7 Å². The molecule has 4 rings (SSSR count). The Balaban J connectivity index is 1.38. The lowest BCUT2D eigenvalue weighted by molar-refractivity contribution is 0.0947. The van der Waals surface area contributed by atoms with Gasteiger partial charge in [0.15, 0.2) is 0 Å². The lowest BCUT2D eigenvalue weighted by Crippen LogP contribution is -2.28. The number of aromatic nitrogens is 3. The zero-order valence-electron chi connectivity index (χ0n) is 28.0. The molecular formula is C33H40Cl2N10O5. The zero-order valence-corrected chi connectivity index (χ0v) is 29.5. The molecule has 15 nitrogen and oxygen atoms in total. The first-order valence-corrected chi connectivity index (χ1v) is 16.7. The van der Waals surface area contributed by atoms with Gasteiger partial charge in [-0.25, -0.2) is 0 Å². The fourth-order valence-corrected chi connectivity index (χ4v) is 5.71. The molecule has 0 saturated heterocycles. The van der Waals surface area contributed by atoms with Crippen molar-refractivity contribution in [1.82, 2.24) is 20.3 Å². The van der Waals surface area contributed by atoms with Crippen molar-refractivity contribution in [3.63, 3.8) is 0 Å². The number of amidine groups is 1. The molecule has 3 heterocycles. The number of nitrogens with two attached hydrogens (primary N) is 1. The van der Waals surface area contributed by atoms with E-state index in [9.17, 15) is 19.2 Å². The van der Waals surface area contributed by atoms with Crippen molar-refractivity contribution in [2.75, 3.05) is 52.2 Å². The number of alkyl halides is 2. The Morgan fingerprint density at radius 1 is 0.760 bits per heavy atom. The highest BCUT2D eigenvalue weighted by Gasteiger charge is 2.22. The number of hydrogen-bond acceptors (Lipinski definition) is 7. The monoisotopic (exact) mass is 726 g/mol. The molecule has 0 spiro atoms. The van der Waals surface area contributed by atoms with Crippen LogP contribution in [0.2, 0.25) is 0 Å². The van der Waals surface area contributed by atoms with Gasteiger partial charge in [0.25, 0.3) is 23.6 Å². The molecule has 0 bridgehead atoms. The highest BCUT2D eigenvalue weighted by molar-refractivity contribution is 6.18. The average molecular weight is 728 g/mol. The Morgan fingerprint density at radius 2 is 1.22 bits per heavy atom. The van der Waals surface area contributed by atoms with E-state index in [1.54, 1.807) is 39.1 Å². The number of halogens is 2. The molecule has 4 amide bonds. The first kappa shape index (κ1) is 37.4. The maximum atomic E-state index is 13.3. The van der Waals surface area contributed by atoms with Crippen molar-refractivity contribution >= 4 is 75.4 Å². The van der Waals surface area contributed by atoms with E-state index in [0.717, 1.165) is 11.3 Å². The molecular weight excluding hydrogens is 687 g/mol. The summed E-state index contributed by atoms with van der Waals surface area (Å²) in [6.07, 6.45) is 4.70. The third-order valence-electron chi connectivity index (χ3n) is 8.15. The second-order valence-corrected chi connectivity index (χ2v) is 12.2. The predicted molar refractivity (Wildman–Crippen MR) is 196 cm³/mol. The van der Waals surface area contributed by atoms with Crippen molar-refractivity contribution < 1.29 is 24.4 Å². The van der Waals surface area contributed by atoms with Crippen molar-refractivity contribution in [2.45, 2.75) is 34.1 Å². The summed E-state index contributed by atoms with van der Waals surface area (Å²) >= 11 is 11.9.